The van der Waals surface area contributed by atoms with Gasteiger partial charge in [0.2, 0.25) is 0 Å². The highest BCUT2D eigenvalue weighted by Gasteiger charge is 1.97. The summed E-state index contributed by atoms with van der Waals surface area (Å²) in [6.07, 6.45) is 0. The van der Waals surface area contributed by atoms with Crippen LogP contribution < -0.4 is 11.1 Å². The zero-order valence-electron chi connectivity index (χ0n) is 8.22. The fourth-order valence-corrected chi connectivity index (χ4v) is 1.48. The van der Waals surface area contributed by atoms with Crippen molar-refractivity contribution in [3.8, 4) is 0 Å². The summed E-state index contributed by atoms with van der Waals surface area (Å²) in [5.41, 5.74) is 7.50. The molecule has 0 unspecified atom stereocenters. The van der Waals surface area contributed by atoms with Gasteiger partial charge in [-0.3, -0.25) is 0 Å². The first kappa shape index (κ1) is 11.3. The normalized spacial score (nSPS) is 10.1. The summed E-state index contributed by atoms with van der Waals surface area (Å²) in [4.78, 5) is 0. The number of nitrogens with two attached hydrogens (primary N) is 1. The Kier molecular flexibility index (Phi) is 4.76. The molecule has 1 aromatic carbocycles. The van der Waals surface area contributed by atoms with Crippen LogP contribution in [0.1, 0.15) is 6.92 Å². The van der Waals surface area contributed by atoms with Gasteiger partial charge in [-0.1, -0.05) is 15.9 Å². The van der Waals surface area contributed by atoms with Crippen LogP contribution in [0.5, 0.6) is 0 Å². The minimum atomic E-state index is 0.700. The number of hydrogen-bond donors (Lipinski definition) is 2. The smallest absolute Gasteiger partial charge is 0.0638 e. The maximum absolute atomic E-state index is 5.80. The van der Waals surface area contributed by atoms with Gasteiger partial charge in [0.1, 0.15) is 0 Å². The van der Waals surface area contributed by atoms with Gasteiger partial charge in [0.15, 0.2) is 0 Å². The summed E-state index contributed by atoms with van der Waals surface area (Å²) in [6.45, 7) is 4.21. The quantitative estimate of drug-likeness (QED) is 0.630. The van der Waals surface area contributed by atoms with Gasteiger partial charge in [0, 0.05) is 17.6 Å². The van der Waals surface area contributed by atoms with Gasteiger partial charge in [0.05, 0.1) is 18.0 Å². The van der Waals surface area contributed by atoms with Crippen LogP contribution in [-0.4, -0.2) is 19.8 Å². The number of nitrogen functional groups attached to an aromatic ring is 1. The van der Waals surface area contributed by atoms with Crippen LogP contribution in [0.4, 0.5) is 11.4 Å². The molecule has 3 N–H and O–H groups in total. The second-order valence-electron chi connectivity index (χ2n) is 2.86. The Bertz CT molecular complexity index is 291. The summed E-state index contributed by atoms with van der Waals surface area (Å²) >= 11 is 3.36. The van der Waals surface area contributed by atoms with Crippen molar-refractivity contribution in [3.05, 3.63) is 22.7 Å². The van der Waals surface area contributed by atoms with Crippen molar-refractivity contribution in [1.82, 2.24) is 0 Å². The predicted molar refractivity (Wildman–Crippen MR) is 63.5 cm³/mol. The number of hydrogen-bond acceptors (Lipinski definition) is 3. The van der Waals surface area contributed by atoms with Crippen LogP contribution >= 0.6 is 15.9 Å². The van der Waals surface area contributed by atoms with E-state index in [1.807, 2.05) is 25.1 Å². The molecule has 0 bridgehead atoms. The highest BCUT2D eigenvalue weighted by atomic mass is 79.9. The molecule has 4 heteroatoms. The van der Waals surface area contributed by atoms with Gasteiger partial charge in [-0.05, 0) is 25.1 Å². The number of benzene rings is 1. The van der Waals surface area contributed by atoms with Crippen LogP contribution in [0, 0.1) is 0 Å². The number of nitrogens with one attached hydrogen (secondary N) is 1. The van der Waals surface area contributed by atoms with Crippen LogP contribution in [0.15, 0.2) is 22.7 Å². The lowest BCUT2D eigenvalue weighted by Crippen LogP contribution is -2.10. The van der Waals surface area contributed by atoms with Crippen molar-refractivity contribution in [1.29, 1.82) is 0 Å². The molecule has 0 saturated carbocycles. The van der Waals surface area contributed by atoms with Gasteiger partial charge in [-0.25, -0.2) is 0 Å². The molecular weight excluding hydrogens is 244 g/mol. The van der Waals surface area contributed by atoms with Crippen LogP contribution in [0.2, 0.25) is 0 Å². The molecule has 14 heavy (non-hydrogen) atoms. The monoisotopic (exact) mass is 258 g/mol. The standard InChI is InChI=1S/C10H15BrN2O/c1-2-14-6-5-13-10-4-3-8(11)7-9(10)12/h3-4,7,13H,2,5-6,12H2,1H3. The molecule has 0 aliphatic rings. The summed E-state index contributed by atoms with van der Waals surface area (Å²) in [7, 11) is 0. The van der Waals surface area contributed by atoms with E-state index >= 15 is 0 Å². The number of rotatable bonds is 5. The largest absolute Gasteiger partial charge is 0.397 e. The molecular formula is C10H15BrN2O. The van der Waals surface area contributed by atoms with Gasteiger partial charge >= 0.3 is 0 Å². The number of ether oxygens (including phenoxy) is 1. The maximum atomic E-state index is 5.80. The average molecular weight is 259 g/mol. The van der Waals surface area contributed by atoms with Crippen molar-refractivity contribution in [2.24, 2.45) is 0 Å². The van der Waals surface area contributed by atoms with Crippen LogP contribution in [0.25, 0.3) is 0 Å². The molecule has 0 radical (unpaired) electrons. The Labute approximate surface area is 92.8 Å². The predicted octanol–water partition coefficient (Wildman–Crippen LogP) is 2.48. The van der Waals surface area contributed by atoms with Crippen molar-refractivity contribution in [2.75, 3.05) is 30.8 Å². The average Bonchev–Trinajstić information content (AvgIpc) is 2.15. The van der Waals surface area contributed by atoms with Crippen LogP contribution in [0.3, 0.4) is 0 Å². The molecule has 0 saturated heterocycles. The summed E-state index contributed by atoms with van der Waals surface area (Å²) < 4.78 is 6.20. The zero-order chi connectivity index (χ0) is 10.4. The second kappa shape index (κ2) is 5.88. The summed E-state index contributed by atoms with van der Waals surface area (Å²) in [6, 6.07) is 5.79. The third kappa shape index (κ3) is 3.55. The lowest BCUT2D eigenvalue weighted by atomic mass is 10.3. The van der Waals surface area contributed by atoms with Crippen molar-refractivity contribution in [3.63, 3.8) is 0 Å². The molecule has 0 aliphatic carbocycles. The fourth-order valence-electron chi connectivity index (χ4n) is 1.10. The maximum Gasteiger partial charge on any atom is 0.0638 e. The van der Waals surface area contributed by atoms with E-state index in [4.69, 9.17) is 10.5 Å². The lowest BCUT2D eigenvalue weighted by Gasteiger charge is -2.09. The Hall–Kier alpha value is -0.740. The first-order valence-corrected chi connectivity index (χ1v) is 5.40. The number of halogens is 1. The second-order valence-corrected chi connectivity index (χ2v) is 3.77. The van der Waals surface area contributed by atoms with E-state index in [9.17, 15) is 0 Å². The Morgan fingerprint density at radius 2 is 2.29 bits per heavy atom. The highest BCUT2D eigenvalue weighted by molar-refractivity contribution is 9.10. The molecule has 0 fully saturated rings. The topological polar surface area (TPSA) is 47.3 Å². The van der Waals surface area contributed by atoms with E-state index in [-0.39, 0.29) is 0 Å². The van der Waals surface area contributed by atoms with E-state index in [1.165, 1.54) is 0 Å². The van der Waals surface area contributed by atoms with Crippen LogP contribution in [-0.2, 0) is 4.74 Å². The summed E-state index contributed by atoms with van der Waals surface area (Å²) in [5.74, 6) is 0. The Balaban J connectivity index is 2.42. The molecule has 3 nitrogen and oxygen atoms in total. The van der Waals surface area contributed by atoms with E-state index in [2.05, 4.69) is 21.2 Å². The number of anilines is 2. The molecule has 0 aliphatic heterocycles. The van der Waals surface area contributed by atoms with E-state index in [0.717, 1.165) is 29.0 Å². The molecule has 1 rings (SSSR count). The molecule has 78 valence electrons. The van der Waals surface area contributed by atoms with Crippen molar-refractivity contribution in [2.45, 2.75) is 6.92 Å². The highest BCUT2D eigenvalue weighted by Crippen LogP contribution is 2.22. The third-order valence-electron chi connectivity index (χ3n) is 1.78. The van der Waals surface area contributed by atoms with Crippen molar-refractivity contribution >= 4 is 27.3 Å². The van der Waals surface area contributed by atoms with E-state index in [0.29, 0.717) is 6.61 Å². The molecule has 0 aromatic heterocycles. The minimum absolute atomic E-state index is 0.700. The van der Waals surface area contributed by atoms with Gasteiger partial charge < -0.3 is 15.8 Å². The molecule has 1 aromatic rings. The third-order valence-corrected chi connectivity index (χ3v) is 2.27. The molecule has 0 atom stereocenters. The Morgan fingerprint density at radius 3 is 2.93 bits per heavy atom. The van der Waals surface area contributed by atoms with E-state index in [1.54, 1.807) is 0 Å². The lowest BCUT2D eigenvalue weighted by molar-refractivity contribution is 0.158. The minimum Gasteiger partial charge on any atom is -0.397 e. The first-order valence-electron chi connectivity index (χ1n) is 4.60. The molecule has 0 spiro atoms. The van der Waals surface area contributed by atoms with Crippen molar-refractivity contribution < 1.29 is 4.74 Å². The molecule has 0 amide bonds. The van der Waals surface area contributed by atoms with Gasteiger partial charge in [-0.15, -0.1) is 0 Å². The van der Waals surface area contributed by atoms with E-state index < -0.39 is 0 Å². The summed E-state index contributed by atoms with van der Waals surface area (Å²) in [5, 5.41) is 3.20. The van der Waals surface area contributed by atoms with Gasteiger partial charge in [0.25, 0.3) is 0 Å². The fraction of sp³-hybridized carbons (Fsp3) is 0.400. The molecule has 0 heterocycles. The van der Waals surface area contributed by atoms with Gasteiger partial charge in [-0.2, -0.15) is 0 Å². The zero-order valence-corrected chi connectivity index (χ0v) is 9.80. The SMILES string of the molecule is CCOCCNc1ccc(Br)cc1N. The first-order chi connectivity index (χ1) is 6.74. The Morgan fingerprint density at radius 1 is 1.50 bits per heavy atom.